The molecule has 1 heterocycles. The van der Waals surface area contributed by atoms with Crippen molar-refractivity contribution in [2.45, 2.75) is 78.7 Å². The maximum Gasteiger partial charge on any atom is 0.156 e. The van der Waals surface area contributed by atoms with E-state index in [4.69, 9.17) is 9.73 Å². The molecular weight excluding hydrogens is 580 g/mol. The molecule has 0 spiro atoms. The minimum absolute atomic E-state index is 0.00113. The van der Waals surface area contributed by atoms with E-state index < -0.39 is 0 Å². The molecule has 1 saturated heterocycles. The summed E-state index contributed by atoms with van der Waals surface area (Å²) in [6, 6.07) is 14.1. The van der Waals surface area contributed by atoms with Gasteiger partial charge in [-0.05, 0) is 85.3 Å². The zero-order valence-corrected chi connectivity index (χ0v) is 29.1. The molecule has 246 valence electrons. The van der Waals surface area contributed by atoms with Crippen LogP contribution < -0.4 is 15.4 Å². The van der Waals surface area contributed by atoms with Gasteiger partial charge in [-0.1, -0.05) is 83.9 Å². The van der Waals surface area contributed by atoms with Crippen LogP contribution >= 0.6 is 11.9 Å². The lowest BCUT2D eigenvalue weighted by molar-refractivity contribution is -0.111. The number of rotatable bonds is 10. The summed E-state index contributed by atoms with van der Waals surface area (Å²) in [6.07, 6.45) is 13.6. The van der Waals surface area contributed by atoms with E-state index in [-0.39, 0.29) is 12.5 Å². The van der Waals surface area contributed by atoms with Crippen molar-refractivity contribution in [1.82, 2.24) is 4.72 Å². The van der Waals surface area contributed by atoms with Crippen LogP contribution in [0.25, 0.3) is 0 Å². The van der Waals surface area contributed by atoms with Gasteiger partial charge in [-0.3, -0.25) is 0 Å². The van der Waals surface area contributed by atoms with Crippen molar-refractivity contribution in [3.63, 3.8) is 0 Å². The van der Waals surface area contributed by atoms with Gasteiger partial charge in [0.25, 0.3) is 0 Å². The molecule has 0 aromatic heterocycles. The summed E-state index contributed by atoms with van der Waals surface area (Å²) in [7, 11) is 1.90. The molecule has 0 saturated carbocycles. The monoisotopic (exact) mass is 634 g/mol. The van der Waals surface area contributed by atoms with Crippen molar-refractivity contribution in [2.24, 2.45) is 10.9 Å². The molecule has 0 amide bonds. The van der Waals surface area contributed by atoms with Crippen LogP contribution in [0.15, 0.2) is 100 Å². The second-order valence-electron chi connectivity index (χ2n) is 10.7. The molecule has 2 aliphatic rings. The van der Waals surface area contributed by atoms with Crippen LogP contribution in [0.1, 0.15) is 71.4 Å². The van der Waals surface area contributed by atoms with Crippen molar-refractivity contribution >= 4 is 35.3 Å². The third kappa shape index (κ3) is 16.3. The fourth-order valence-corrected chi connectivity index (χ4v) is 4.45. The number of anilines is 2. The number of aryl methyl sites for hydroxylation is 1. The molecule has 2 aromatic carbocycles. The summed E-state index contributed by atoms with van der Waals surface area (Å²) < 4.78 is 8.31. The van der Waals surface area contributed by atoms with Gasteiger partial charge in [0.15, 0.2) is 5.82 Å². The molecule has 4 N–H and O–H groups in total. The van der Waals surface area contributed by atoms with Gasteiger partial charge in [-0.15, -0.1) is 0 Å². The SMILES string of the molecule is C=C1C=CC=C/C1=N/C(NSc1cccc(NC)c1)=C(\C)Nc1cc(C)cc(CO)c1.CCC.CCCC.O=CC1CCOC1. The molecule has 0 radical (unpaired) electrons. The van der Waals surface area contributed by atoms with Crippen molar-refractivity contribution in [1.29, 1.82) is 0 Å². The van der Waals surface area contributed by atoms with Crippen LogP contribution in [0.5, 0.6) is 0 Å². The topological polar surface area (TPSA) is 95.0 Å². The van der Waals surface area contributed by atoms with Gasteiger partial charge in [-0.2, -0.15) is 0 Å². The third-order valence-electron chi connectivity index (χ3n) is 6.28. The Morgan fingerprint density at radius 1 is 1.09 bits per heavy atom. The highest BCUT2D eigenvalue weighted by molar-refractivity contribution is 7.97. The number of carbonyl (C=O) groups excluding carboxylic acids is 1. The Morgan fingerprint density at radius 3 is 2.36 bits per heavy atom. The first-order chi connectivity index (χ1) is 21.7. The number of nitrogens with one attached hydrogen (secondary N) is 3. The predicted octanol–water partition coefficient (Wildman–Crippen LogP) is 8.99. The number of aldehydes is 1. The maximum absolute atomic E-state index is 9.93. The lowest BCUT2D eigenvalue weighted by Gasteiger charge is -2.15. The average Bonchev–Trinajstić information content (AvgIpc) is 3.59. The fourth-order valence-electron chi connectivity index (χ4n) is 3.71. The van der Waals surface area contributed by atoms with Crippen molar-refractivity contribution in [2.75, 3.05) is 30.9 Å². The molecular formula is C37H54N4O3S. The first kappa shape index (κ1) is 39.4. The van der Waals surface area contributed by atoms with Crippen molar-refractivity contribution in [3.8, 4) is 0 Å². The maximum atomic E-state index is 9.93. The number of aliphatic hydroxyl groups is 1. The zero-order valence-electron chi connectivity index (χ0n) is 28.3. The largest absolute Gasteiger partial charge is 0.392 e. The standard InChI is InChI=1S/C25H28N4OS.C5H8O2.C4H10.C3H8/c1-17-12-20(16-30)14-22(13-17)27-19(3)25(28-24-11-6-5-8-18(24)2)29-31-23-10-7-9-21(15-23)26-4;6-3-5-1-2-7-4-5;1-3-4-2;1-3-2/h5-15,26-27,29-30H,2,16H2,1,3-4H3;3,5H,1-2,4H2;3-4H2,1-2H3;3H2,1-2H3/b25-19-,28-24-;;;. The summed E-state index contributed by atoms with van der Waals surface area (Å²) in [5, 5.41) is 16.1. The smallest absolute Gasteiger partial charge is 0.156 e. The highest BCUT2D eigenvalue weighted by atomic mass is 32.2. The van der Waals surface area contributed by atoms with Crippen LogP contribution in [0.3, 0.4) is 0 Å². The van der Waals surface area contributed by atoms with Crippen LogP contribution in [0.2, 0.25) is 0 Å². The Labute approximate surface area is 276 Å². The van der Waals surface area contributed by atoms with E-state index >= 15 is 0 Å². The number of aliphatic hydroxyl groups excluding tert-OH is 1. The van der Waals surface area contributed by atoms with Crippen molar-refractivity contribution in [3.05, 3.63) is 102 Å². The molecule has 1 atom stereocenters. The minimum Gasteiger partial charge on any atom is -0.392 e. The highest BCUT2D eigenvalue weighted by Gasteiger charge is 2.13. The average molecular weight is 635 g/mol. The van der Waals surface area contributed by atoms with E-state index in [1.165, 1.54) is 31.2 Å². The Bertz CT molecular complexity index is 1290. The molecule has 0 bridgehead atoms. The van der Waals surface area contributed by atoms with Gasteiger partial charge >= 0.3 is 0 Å². The normalized spacial score (nSPS) is 16.2. The lowest BCUT2D eigenvalue weighted by Crippen LogP contribution is -2.12. The minimum atomic E-state index is 0.00113. The lowest BCUT2D eigenvalue weighted by atomic mass is 10.1. The van der Waals surface area contributed by atoms with E-state index in [1.807, 2.05) is 81.6 Å². The summed E-state index contributed by atoms with van der Waals surface area (Å²) in [4.78, 5) is 15.8. The van der Waals surface area contributed by atoms with Gasteiger partial charge in [0.05, 0.1) is 24.6 Å². The number of benzene rings is 2. The van der Waals surface area contributed by atoms with Gasteiger partial charge in [-0.25, -0.2) is 4.99 Å². The van der Waals surface area contributed by atoms with E-state index in [0.29, 0.717) is 12.4 Å². The number of unbranched alkanes of at least 4 members (excludes halogenated alkanes) is 1. The van der Waals surface area contributed by atoms with E-state index in [0.717, 1.165) is 63.7 Å². The number of nitrogens with zero attached hydrogens (tertiary/aromatic N) is 1. The predicted molar refractivity (Wildman–Crippen MR) is 195 cm³/mol. The van der Waals surface area contributed by atoms with Gasteiger partial charge in [0.2, 0.25) is 0 Å². The first-order valence-corrected chi connectivity index (χ1v) is 16.6. The number of carbonyl (C=O) groups is 1. The number of hydrogen-bond acceptors (Lipinski definition) is 8. The Morgan fingerprint density at radius 2 is 1.80 bits per heavy atom. The van der Waals surface area contributed by atoms with Crippen molar-refractivity contribution < 1.29 is 14.6 Å². The van der Waals surface area contributed by atoms with E-state index in [1.54, 1.807) is 0 Å². The zero-order chi connectivity index (χ0) is 33.5. The quantitative estimate of drug-likeness (QED) is 0.153. The summed E-state index contributed by atoms with van der Waals surface area (Å²) in [5.74, 6) is 0.892. The molecule has 45 heavy (non-hydrogen) atoms. The first-order valence-electron chi connectivity index (χ1n) is 15.8. The van der Waals surface area contributed by atoms with E-state index in [2.05, 4.69) is 55.7 Å². The Kier molecular flexibility index (Phi) is 20.8. The van der Waals surface area contributed by atoms with Gasteiger partial charge in [0.1, 0.15) is 6.29 Å². The second-order valence-corrected chi connectivity index (χ2v) is 11.5. The number of hydrogen-bond donors (Lipinski definition) is 4. The van der Waals surface area contributed by atoms with Crippen LogP contribution in [-0.2, 0) is 16.1 Å². The second kappa shape index (κ2) is 23.7. The molecule has 1 fully saturated rings. The number of aliphatic imine (C=N–C) groups is 1. The van der Waals surface area contributed by atoms with Gasteiger partial charge < -0.3 is 30.0 Å². The van der Waals surface area contributed by atoms with Crippen LogP contribution in [0.4, 0.5) is 11.4 Å². The number of allylic oxidation sites excluding steroid dienone is 6. The highest BCUT2D eigenvalue weighted by Crippen LogP contribution is 2.23. The molecule has 4 rings (SSSR count). The molecule has 1 aliphatic heterocycles. The Balaban J connectivity index is 0.000000599. The van der Waals surface area contributed by atoms with Crippen LogP contribution in [-0.4, -0.2) is 37.4 Å². The third-order valence-corrected chi connectivity index (χ3v) is 7.06. The summed E-state index contributed by atoms with van der Waals surface area (Å²) in [5.41, 5.74) is 6.41. The molecule has 1 aliphatic carbocycles. The number of ether oxygens (including phenoxy) is 1. The molecule has 7 nitrogen and oxygen atoms in total. The Hall–Kier alpha value is -3.59. The van der Waals surface area contributed by atoms with Gasteiger partial charge in [0, 0.05) is 35.8 Å². The van der Waals surface area contributed by atoms with Crippen LogP contribution in [0, 0.1) is 12.8 Å². The molecule has 8 heteroatoms. The molecule has 2 aromatic rings. The fraction of sp³-hybridized carbons (Fsp3) is 0.405. The van der Waals surface area contributed by atoms with E-state index in [9.17, 15) is 9.90 Å². The summed E-state index contributed by atoms with van der Waals surface area (Å²) in [6.45, 7) is 18.1. The summed E-state index contributed by atoms with van der Waals surface area (Å²) >= 11 is 1.49. The molecule has 1 unspecified atom stereocenters.